The molecule has 4 nitrogen and oxygen atoms in total. The zero-order chi connectivity index (χ0) is 17.7. The predicted octanol–water partition coefficient (Wildman–Crippen LogP) is 4.70. The van der Waals surface area contributed by atoms with Gasteiger partial charge in [-0.3, -0.25) is 4.79 Å². The second-order valence-corrected chi connectivity index (χ2v) is 6.82. The lowest BCUT2D eigenvalue weighted by Gasteiger charge is -2.13. The molecule has 0 bridgehead atoms. The van der Waals surface area contributed by atoms with Crippen molar-refractivity contribution in [3.8, 4) is 11.8 Å². The van der Waals surface area contributed by atoms with Crippen LogP contribution in [0.3, 0.4) is 0 Å². The molecule has 24 heavy (non-hydrogen) atoms. The van der Waals surface area contributed by atoms with E-state index in [9.17, 15) is 15.2 Å². The molecule has 0 saturated carbocycles. The zero-order valence-electron chi connectivity index (χ0n) is 12.8. The van der Waals surface area contributed by atoms with Gasteiger partial charge in [0.2, 0.25) is 0 Å². The summed E-state index contributed by atoms with van der Waals surface area (Å²) in [6, 6.07) is 14.5. The minimum atomic E-state index is -0.450. The summed E-state index contributed by atoms with van der Waals surface area (Å²) >= 11 is 6.45. The Morgan fingerprint density at radius 1 is 1.25 bits per heavy atom. The third-order valence-corrected chi connectivity index (χ3v) is 4.57. The molecule has 0 unspecified atom stereocenters. The van der Waals surface area contributed by atoms with Crippen LogP contribution in [0.4, 0.5) is 0 Å². The van der Waals surface area contributed by atoms with Crippen LogP contribution in [0.5, 0.6) is 5.75 Å². The van der Waals surface area contributed by atoms with Gasteiger partial charge in [0, 0.05) is 0 Å². The van der Waals surface area contributed by atoms with Gasteiger partial charge in [-0.25, -0.2) is 0 Å². The van der Waals surface area contributed by atoms with Crippen molar-refractivity contribution in [3.05, 3.63) is 68.1 Å². The summed E-state index contributed by atoms with van der Waals surface area (Å²) in [6.07, 6.45) is 1.47. The van der Waals surface area contributed by atoms with Gasteiger partial charge >= 0.3 is 0 Å². The number of phenols is 1. The van der Waals surface area contributed by atoms with Gasteiger partial charge in [0.25, 0.3) is 5.91 Å². The fourth-order valence-electron chi connectivity index (χ4n) is 2.08. The van der Waals surface area contributed by atoms with Crippen molar-refractivity contribution >= 4 is 43.8 Å². The summed E-state index contributed by atoms with van der Waals surface area (Å²) in [4.78, 5) is 12.3. The summed E-state index contributed by atoms with van der Waals surface area (Å²) in [7, 11) is 0. The first kappa shape index (κ1) is 18.2. The highest BCUT2D eigenvalue weighted by atomic mass is 79.9. The summed E-state index contributed by atoms with van der Waals surface area (Å²) in [5.74, 6) is -0.387. The van der Waals surface area contributed by atoms with Crippen LogP contribution in [0.2, 0.25) is 0 Å². The Balaban J connectivity index is 2.22. The van der Waals surface area contributed by atoms with E-state index in [1.807, 2.05) is 43.3 Å². The number of hydrogen-bond acceptors (Lipinski definition) is 3. The molecule has 0 aliphatic rings. The largest absolute Gasteiger partial charge is 0.506 e. The number of hydrogen-bond donors (Lipinski definition) is 2. The number of aromatic hydroxyl groups is 1. The molecular formula is C18H14Br2N2O2. The molecule has 0 spiro atoms. The average Bonchev–Trinajstić information content (AvgIpc) is 2.58. The molecule has 6 heteroatoms. The number of phenolic OH excluding ortho intramolecular Hbond substituents is 1. The second kappa shape index (κ2) is 8.13. The van der Waals surface area contributed by atoms with E-state index in [-0.39, 0.29) is 17.4 Å². The summed E-state index contributed by atoms with van der Waals surface area (Å²) < 4.78 is 0.942. The molecule has 0 aromatic heterocycles. The zero-order valence-corrected chi connectivity index (χ0v) is 15.9. The van der Waals surface area contributed by atoms with Crippen molar-refractivity contribution in [2.75, 3.05) is 0 Å². The van der Waals surface area contributed by atoms with Crippen LogP contribution < -0.4 is 5.32 Å². The lowest BCUT2D eigenvalue weighted by Crippen LogP contribution is -2.27. The second-order valence-electron chi connectivity index (χ2n) is 5.11. The number of halogens is 2. The summed E-state index contributed by atoms with van der Waals surface area (Å²) in [5, 5.41) is 21.8. The summed E-state index contributed by atoms with van der Waals surface area (Å²) in [6.45, 7) is 1.86. The van der Waals surface area contributed by atoms with Gasteiger partial charge in [-0.15, -0.1) is 0 Å². The van der Waals surface area contributed by atoms with Crippen LogP contribution in [-0.4, -0.2) is 11.0 Å². The van der Waals surface area contributed by atoms with E-state index in [4.69, 9.17) is 0 Å². The molecule has 2 aromatic rings. The van der Waals surface area contributed by atoms with E-state index >= 15 is 0 Å². The van der Waals surface area contributed by atoms with Gasteiger partial charge < -0.3 is 10.4 Å². The first-order valence-corrected chi connectivity index (χ1v) is 8.66. The van der Waals surface area contributed by atoms with Crippen molar-refractivity contribution < 1.29 is 9.90 Å². The van der Waals surface area contributed by atoms with Gasteiger partial charge in [0.15, 0.2) is 0 Å². The number of carbonyl (C=O) groups excluding carboxylic acids is 1. The van der Waals surface area contributed by atoms with Crippen LogP contribution in [0, 0.1) is 11.3 Å². The van der Waals surface area contributed by atoms with Gasteiger partial charge in [-0.2, -0.15) is 5.26 Å². The normalized spacial score (nSPS) is 12.3. The van der Waals surface area contributed by atoms with Crippen molar-refractivity contribution in [2.24, 2.45) is 0 Å². The van der Waals surface area contributed by atoms with Crippen LogP contribution >= 0.6 is 31.9 Å². The fraction of sp³-hybridized carbons (Fsp3) is 0.111. The Labute approximate surface area is 157 Å². The quantitative estimate of drug-likeness (QED) is 0.524. The molecule has 0 aliphatic heterocycles. The number of amides is 1. The molecule has 2 aromatic carbocycles. The van der Waals surface area contributed by atoms with Crippen LogP contribution in [0.25, 0.3) is 6.08 Å². The van der Waals surface area contributed by atoms with Crippen LogP contribution in [-0.2, 0) is 4.79 Å². The monoisotopic (exact) mass is 448 g/mol. The third kappa shape index (κ3) is 4.47. The SMILES string of the molecule is C[C@@H](NC(=O)/C(C#N)=C/c1cc(Br)c(O)c(Br)c1)c1ccccc1. The van der Waals surface area contributed by atoms with E-state index in [1.165, 1.54) is 6.08 Å². The van der Waals surface area contributed by atoms with E-state index in [2.05, 4.69) is 37.2 Å². The molecule has 0 fully saturated rings. The number of nitrogens with zero attached hydrogens (tertiary/aromatic N) is 1. The maximum Gasteiger partial charge on any atom is 0.262 e. The molecule has 1 atom stereocenters. The van der Waals surface area contributed by atoms with Crippen LogP contribution in [0.15, 0.2) is 57.0 Å². The minimum Gasteiger partial charge on any atom is -0.506 e. The standard InChI is InChI=1S/C18H14Br2N2O2/c1-11(13-5-3-2-4-6-13)22-18(24)14(10-21)7-12-8-15(19)17(23)16(20)9-12/h2-9,11,23H,1H3,(H,22,24)/b14-7+/t11-/m1/s1. The summed E-state index contributed by atoms with van der Waals surface area (Å²) in [5.41, 5.74) is 1.56. The molecule has 2 rings (SSSR count). The van der Waals surface area contributed by atoms with E-state index < -0.39 is 5.91 Å². The topological polar surface area (TPSA) is 73.1 Å². The molecule has 1 amide bonds. The number of rotatable bonds is 4. The molecule has 2 N–H and O–H groups in total. The van der Waals surface area contributed by atoms with Crippen molar-refractivity contribution in [3.63, 3.8) is 0 Å². The number of benzene rings is 2. The Bertz CT molecular complexity index is 804. The van der Waals surface area contributed by atoms with Crippen molar-refractivity contribution in [1.82, 2.24) is 5.32 Å². The van der Waals surface area contributed by atoms with Gasteiger partial charge in [0.1, 0.15) is 17.4 Å². The Hall–Kier alpha value is -2.10. The number of nitriles is 1. The van der Waals surface area contributed by atoms with Crippen molar-refractivity contribution in [2.45, 2.75) is 13.0 Å². The van der Waals surface area contributed by atoms with Crippen molar-refractivity contribution in [1.29, 1.82) is 5.26 Å². The fourth-order valence-corrected chi connectivity index (χ4v) is 3.31. The van der Waals surface area contributed by atoms with E-state index in [0.29, 0.717) is 14.5 Å². The number of carbonyl (C=O) groups is 1. The van der Waals surface area contributed by atoms with Gasteiger partial charge in [0.05, 0.1) is 15.0 Å². The molecule has 122 valence electrons. The Morgan fingerprint density at radius 2 is 1.83 bits per heavy atom. The maximum absolute atomic E-state index is 12.3. The highest BCUT2D eigenvalue weighted by Gasteiger charge is 2.14. The molecule has 0 heterocycles. The first-order valence-electron chi connectivity index (χ1n) is 7.08. The van der Waals surface area contributed by atoms with E-state index in [0.717, 1.165) is 5.56 Å². The average molecular weight is 450 g/mol. The number of nitrogens with one attached hydrogen (secondary N) is 1. The maximum atomic E-state index is 12.3. The minimum absolute atomic E-state index is 0.0118. The smallest absolute Gasteiger partial charge is 0.262 e. The van der Waals surface area contributed by atoms with E-state index in [1.54, 1.807) is 12.1 Å². The Kier molecular flexibility index (Phi) is 6.18. The Morgan fingerprint density at radius 3 is 2.38 bits per heavy atom. The highest BCUT2D eigenvalue weighted by molar-refractivity contribution is 9.11. The molecule has 0 radical (unpaired) electrons. The third-order valence-electron chi connectivity index (χ3n) is 3.36. The predicted molar refractivity (Wildman–Crippen MR) is 100 cm³/mol. The first-order chi connectivity index (χ1) is 11.4. The highest BCUT2D eigenvalue weighted by Crippen LogP contribution is 2.34. The van der Waals surface area contributed by atoms with Gasteiger partial charge in [-0.05, 0) is 68.1 Å². The van der Waals surface area contributed by atoms with Gasteiger partial charge in [-0.1, -0.05) is 30.3 Å². The lowest BCUT2D eigenvalue weighted by molar-refractivity contribution is -0.117. The molecule has 0 aliphatic carbocycles. The lowest BCUT2D eigenvalue weighted by atomic mass is 10.1. The molecular weight excluding hydrogens is 436 g/mol. The van der Waals surface area contributed by atoms with Crippen LogP contribution in [0.1, 0.15) is 24.1 Å². The molecule has 0 saturated heterocycles.